The summed E-state index contributed by atoms with van der Waals surface area (Å²) < 4.78 is 4.65. The Balaban J connectivity index is 0.00000135. The van der Waals surface area contributed by atoms with E-state index in [1.54, 1.807) is 5.56 Å². The van der Waals surface area contributed by atoms with Crippen LogP contribution in [0.4, 0.5) is 0 Å². The lowest BCUT2D eigenvalue weighted by molar-refractivity contribution is -0.511. The van der Waals surface area contributed by atoms with E-state index in [2.05, 4.69) is 64.8 Å². The van der Waals surface area contributed by atoms with Gasteiger partial charge in [-0.2, -0.15) is 4.40 Å². The molecule has 0 saturated carbocycles. The SMILES string of the molecule is Cn1c2ccccc2c2cc[n+]3cc4c(cc3c21)CCCC4.[Cl-]. The van der Waals surface area contributed by atoms with Crippen LogP contribution < -0.4 is 16.8 Å². The van der Waals surface area contributed by atoms with Crippen molar-refractivity contribution in [3.8, 4) is 0 Å². The molecule has 2 nitrogen and oxygen atoms in total. The molecule has 0 radical (unpaired) electrons. The Hall–Kier alpha value is -2.06. The van der Waals surface area contributed by atoms with Crippen LogP contribution in [-0.2, 0) is 19.9 Å². The highest BCUT2D eigenvalue weighted by molar-refractivity contribution is 6.11. The van der Waals surface area contributed by atoms with Crippen LogP contribution in [0.15, 0.2) is 48.8 Å². The van der Waals surface area contributed by atoms with Gasteiger partial charge >= 0.3 is 0 Å². The van der Waals surface area contributed by atoms with Crippen LogP contribution in [-0.4, -0.2) is 4.57 Å². The number of nitrogens with zero attached hydrogens (tertiary/aromatic N) is 2. The van der Waals surface area contributed by atoms with Crippen molar-refractivity contribution in [1.82, 2.24) is 4.57 Å². The standard InChI is InChI=1S/C20H19N2.ClH/c1-21-18-9-5-4-8-16(18)17-10-11-22-13-15-7-3-2-6-14(15)12-19(22)20(17)21;/h4-5,8-13H,2-3,6-7H2,1H3;1H/q+1;/p-1. The van der Waals surface area contributed by atoms with Gasteiger partial charge in [-0.25, -0.2) is 0 Å². The molecule has 3 aromatic heterocycles. The van der Waals surface area contributed by atoms with Gasteiger partial charge in [-0.3, -0.25) is 0 Å². The van der Waals surface area contributed by atoms with Gasteiger partial charge in [0, 0.05) is 41.0 Å². The Bertz CT molecular complexity index is 1050. The molecule has 3 heteroatoms. The number of aromatic nitrogens is 2. The van der Waals surface area contributed by atoms with Crippen molar-refractivity contribution in [3.63, 3.8) is 0 Å². The van der Waals surface area contributed by atoms with Crippen molar-refractivity contribution in [3.05, 3.63) is 59.9 Å². The smallest absolute Gasteiger partial charge is 0.235 e. The molecule has 0 fully saturated rings. The molecular weight excluding hydrogens is 304 g/mol. The summed E-state index contributed by atoms with van der Waals surface area (Å²) in [5.74, 6) is 0. The van der Waals surface area contributed by atoms with Gasteiger partial charge in [-0.1, -0.05) is 18.2 Å². The first-order valence-electron chi connectivity index (χ1n) is 8.16. The number of hydrogen-bond acceptors (Lipinski definition) is 0. The third-order valence-electron chi connectivity index (χ3n) is 5.23. The average Bonchev–Trinajstić information content (AvgIpc) is 2.87. The summed E-state index contributed by atoms with van der Waals surface area (Å²) in [5.41, 5.74) is 7.06. The molecular formula is C20H19ClN2. The number of rotatable bonds is 0. The molecule has 5 rings (SSSR count). The van der Waals surface area contributed by atoms with E-state index >= 15 is 0 Å². The minimum absolute atomic E-state index is 0. The van der Waals surface area contributed by atoms with Crippen LogP contribution in [0.3, 0.4) is 0 Å². The molecule has 0 spiro atoms. The second-order valence-corrected chi connectivity index (χ2v) is 6.48. The highest BCUT2D eigenvalue weighted by Gasteiger charge is 2.19. The van der Waals surface area contributed by atoms with E-state index in [9.17, 15) is 0 Å². The summed E-state index contributed by atoms with van der Waals surface area (Å²) in [6.07, 6.45) is 9.68. The lowest BCUT2D eigenvalue weighted by Crippen LogP contribution is -3.00. The maximum atomic E-state index is 2.43. The summed E-state index contributed by atoms with van der Waals surface area (Å²) in [7, 11) is 2.18. The maximum Gasteiger partial charge on any atom is 0.235 e. The van der Waals surface area contributed by atoms with E-state index < -0.39 is 0 Å². The van der Waals surface area contributed by atoms with Crippen LogP contribution in [0.5, 0.6) is 0 Å². The van der Waals surface area contributed by atoms with Crippen LogP contribution in [0, 0.1) is 0 Å². The molecule has 116 valence electrons. The van der Waals surface area contributed by atoms with Crippen molar-refractivity contribution < 1.29 is 16.8 Å². The average molecular weight is 323 g/mol. The normalized spacial score (nSPS) is 14.1. The van der Waals surface area contributed by atoms with E-state index in [0.29, 0.717) is 0 Å². The van der Waals surface area contributed by atoms with Gasteiger partial charge in [0.25, 0.3) is 0 Å². The highest BCUT2D eigenvalue weighted by atomic mass is 35.5. The fourth-order valence-electron chi connectivity index (χ4n) is 4.11. The van der Waals surface area contributed by atoms with Crippen LogP contribution in [0.2, 0.25) is 0 Å². The minimum Gasteiger partial charge on any atom is -1.00 e. The zero-order chi connectivity index (χ0) is 14.7. The van der Waals surface area contributed by atoms with Gasteiger partial charge in [0.15, 0.2) is 12.4 Å². The molecule has 4 aromatic rings. The molecule has 0 amide bonds. The van der Waals surface area contributed by atoms with Gasteiger partial charge in [-0.15, -0.1) is 0 Å². The molecule has 1 aromatic carbocycles. The number of fused-ring (bicyclic) bond motifs is 6. The van der Waals surface area contributed by atoms with Gasteiger partial charge in [0.1, 0.15) is 5.52 Å². The third-order valence-corrected chi connectivity index (χ3v) is 5.23. The van der Waals surface area contributed by atoms with E-state index in [4.69, 9.17) is 0 Å². The summed E-state index contributed by atoms with van der Waals surface area (Å²) in [6, 6.07) is 13.4. The van der Waals surface area contributed by atoms with Crippen molar-refractivity contribution in [1.29, 1.82) is 0 Å². The molecule has 0 saturated heterocycles. The van der Waals surface area contributed by atoms with Crippen LogP contribution in [0.1, 0.15) is 24.0 Å². The molecule has 1 aliphatic carbocycles. The van der Waals surface area contributed by atoms with Crippen molar-refractivity contribution in [2.45, 2.75) is 25.7 Å². The van der Waals surface area contributed by atoms with E-state index in [0.717, 1.165) is 0 Å². The second kappa shape index (κ2) is 5.24. The maximum absolute atomic E-state index is 2.43. The lowest BCUT2D eigenvalue weighted by Gasteiger charge is -2.13. The largest absolute Gasteiger partial charge is 1.00 e. The number of para-hydroxylation sites is 1. The quantitative estimate of drug-likeness (QED) is 0.426. The van der Waals surface area contributed by atoms with Crippen molar-refractivity contribution >= 4 is 27.3 Å². The van der Waals surface area contributed by atoms with Gasteiger partial charge < -0.3 is 17.0 Å². The Morgan fingerprint density at radius 3 is 2.61 bits per heavy atom. The Morgan fingerprint density at radius 1 is 0.957 bits per heavy atom. The Morgan fingerprint density at radius 2 is 1.74 bits per heavy atom. The second-order valence-electron chi connectivity index (χ2n) is 6.48. The first kappa shape index (κ1) is 14.5. The monoisotopic (exact) mass is 322 g/mol. The Labute approximate surface area is 141 Å². The molecule has 3 heterocycles. The van der Waals surface area contributed by atoms with Crippen molar-refractivity contribution in [2.24, 2.45) is 7.05 Å². The minimum atomic E-state index is 0. The number of benzene rings is 1. The van der Waals surface area contributed by atoms with Crippen LogP contribution in [0.25, 0.3) is 27.3 Å². The zero-order valence-corrected chi connectivity index (χ0v) is 14.0. The molecule has 0 atom stereocenters. The van der Waals surface area contributed by atoms with Crippen molar-refractivity contribution in [2.75, 3.05) is 0 Å². The summed E-state index contributed by atoms with van der Waals surface area (Å²) in [6.45, 7) is 0. The van der Waals surface area contributed by atoms with Crippen LogP contribution >= 0.6 is 0 Å². The molecule has 0 bridgehead atoms. The fraction of sp³-hybridized carbons (Fsp3) is 0.250. The predicted octanol–water partition coefficient (Wildman–Crippen LogP) is 0.953. The highest BCUT2D eigenvalue weighted by Crippen LogP contribution is 2.30. The van der Waals surface area contributed by atoms with Gasteiger partial charge in [0.05, 0.1) is 0 Å². The van der Waals surface area contributed by atoms with E-state index in [1.807, 2.05) is 0 Å². The summed E-state index contributed by atoms with van der Waals surface area (Å²) in [5, 5.41) is 2.70. The topological polar surface area (TPSA) is 9.03 Å². The molecule has 0 N–H and O–H groups in total. The van der Waals surface area contributed by atoms with Gasteiger partial charge in [0.2, 0.25) is 5.52 Å². The first-order chi connectivity index (χ1) is 10.8. The first-order valence-corrected chi connectivity index (χ1v) is 8.16. The van der Waals surface area contributed by atoms with E-state index in [1.165, 1.54) is 58.6 Å². The molecule has 23 heavy (non-hydrogen) atoms. The lowest BCUT2D eigenvalue weighted by atomic mass is 9.93. The summed E-state index contributed by atoms with van der Waals surface area (Å²) >= 11 is 0. The van der Waals surface area contributed by atoms with Gasteiger partial charge in [-0.05, 0) is 37.3 Å². The van der Waals surface area contributed by atoms with E-state index in [-0.39, 0.29) is 12.4 Å². The zero-order valence-electron chi connectivity index (χ0n) is 13.2. The predicted molar refractivity (Wildman–Crippen MR) is 90.2 cm³/mol. The number of hydrogen-bond donors (Lipinski definition) is 0. The number of halogens is 1. The fourth-order valence-corrected chi connectivity index (χ4v) is 4.11. The Kier molecular flexibility index (Phi) is 3.31. The summed E-state index contributed by atoms with van der Waals surface area (Å²) in [4.78, 5) is 0. The number of pyridine rings is 2. The number of aryl methyl sites for hydroxylation is 3. The third kappa shape index (κ3) is 1.98. The molecule has 1 aliphatic rings. The molecule has 0 aliphatic heterocycles. The molecule has 0 unspecified atom stereocenters.